The van der Waals surface area contributed by atoms with Crippen LogP contribution in [0.15, 0.2) is 47.4 Å². The summed E-state index contributed by atoms with van der Waals surface area (Å²) in [6.07, 6.45) is 0. The highest BCUT2D eigenvalue weighted by atomic mass is 35.5. The van der Waals surface area contributed by atoms with Crippen LogP contribution in [0.2, 0.25) is 5.02 Å². The molecule has 10 heteroatoms. The van der Waals surface area contributed by atoms with Crippen molar-refractivity contribution in [2.24, 2.45) is 0 Å². The Hall–Kier alpha value is -2.65. The first kappa shape index (κ1) is 17.7. The summed E-state index contributed by atoms with van der Waals surface area (Å²) in [7, 11) is -3.01. The molecule has 24 heavy (non-hydrogen) atoms. The van der Waals surface area contributed by atoms with Crippen LogP contribution in [-0.2, 0) is 14.8 Å². The van der Waals surface area contributed by atoms with E-state index in [1.54, 1.807) is 0 Å². The molecule has 0 aliphatic carbocycles. The van der Waals surface area contributed by atoms with Gasteiger partial charge < -0.3 is 4.74 Å². The molecule has 0 saturated carbocycles. The molecule has 0 radical (unpaired) electrons. The van der Waals surface area contributed by atoms with Gasteiger partial charge in [0.05, 0.1) is 28.2 Å². The highest BCUT2D eigenvalue weighted by Gasteiger charge is 2.21. The second-order valence-corrected chi connectivity index (χ2v) is 6.66. The molecule has 126 valence electrons. The Morgan fingerprint density at radius 2 is 1.96 bits per heavy atom. The number of sulfonamides is 1. The van der Waals surface area contributed by atoms with E-state index >= 15 is 0 Å². The van der Waals surface area contributed by atoms with Gasteiger partial charge in [-0.05, 0) is 24.3 Å². The van der Waals surface area contributed by atoms with Gasteiger partial charge in [-0.3, -0.25) is 14.8 Å². The van der Waals surface area contributed by atoms with Crippen molar-refractivity contribution >= 4 is 39.0 Å². The number of benzene rings is 2. The molecule has 0 aliphatic heterocycles. The van der Waals surface area contributed by atoms with Crippen LogP contribution >= 0.6 is 11.6 Å². The third kappa shape index (κ3) is 3.81. The van der Waals surface area contributed by atoms with E-state index in [0.29, 0.717) is 0 Å². The number of halogens is 1. The predicted molar refractivity (Wildman–Crippen MR) is 86.7 cm³/mol. The molecule has 0 unspecified atom stereocenters. The minimum atomic E-state index is -4.15. The van der Waals surface area contributed by atoms with Gasteiger partial charge in [-0.25, -0.2) is 13.2 Å². The van der Waals surface area contributed by atoms with Gasteiger partial charge in [0.2, 0.25) is 0 Å². The number of methoxy groups -OCH3 is 1. The lowest BCUT2D eigenvalue weighted by molar-refractivity contribution is -0.385. The minimum Gasteiger partial charge on any atom is -0.465 e. The van der Waals surface area contributed by atoms with Gasteiger partial charge in [0.25, 0.3) is 15.7 Å². The summed E-state index contributed by atoms with van der Waals surface area (Å²) in [5.74, 6) is -0.783. The first-order valence-corrected chi connectivity index (χ1v) is 8.26. The van der Waals surface area contributed by atoms with Crippen molar-refractivity contribution in [2.45, 2.75) is 4.90 Å². The highest BCUT2D eigenvalue weighted by Crippen LogP contribution is 2.25. The van der Waals surface area contributed by atoms with Crippen LogP contribution in [0.4, 0.5) is 11.4 Å². The number of hydrogen-bond donors (Lipinski definition) is 1. The summed E-state index contributed by atoms with van der Waals surface area (Å²) in [6, 6.07) is 8.46. The molecule has 0 bridgehead atoms. The number of non-ortho nitro benzene ring substituents is 1. The largest absolute Gasteiger partial charge is 0.465 e. The van der Waals surface area contributed by atoms with E-state index < -0.39 is 20.9 Å². The van der Waals surface area contributed by atoms with Crippen molar-refractivity contribution in [3.8, 4) is 0 Å². The van der Waals surface area contributed by atoms with Gasteiger partial charge in [0.15, 0.2) is 0 Å². The van der Waals surface area contributed by atoms with E-state index in [1.165, 1.54) is 36.4 Å². The highest BCUT2D eigenvalue weighted by molar-refractivity contribution is 7.92. The molecular weight excluding hydrogens is 360 g/mol. The summed E-state index contributed by atoms with van der Waals surface area (Å²) in [6.45, 7) is 0. The summed E-state index contributed by atoms with van der Waals surface area (Å²) in [5.41, 5.74) is -0.515. The lowest BCUT2D eigenvalue weighted by atomic mass is 10.2. The van der Waals surface area contributed by atoms with Crippen molar-refractivity contribution in [3.63, 3.8) is 0 Å². The van der Waals surface area contributed by atoms with E-state index in [1.807, 2.05) is 0 Å². The Labute approximate surface area is 142 Å². The topological polar surface area (TPSA) is 116 Å². The Morgan fingerprint density at radius 3 is 2.58 bits per heavy atom. The fourth-order valence-corrected chi connectivity index (χ4v) is 3.14. The zero-order chi connectivity index (χ0) is 17.9. The van der Waals surface area contributed by atoms with Crippen LogP contribution in [-0.4, -0.2) is 26.4 Å². The number of rotatable bonds is 5. The van der Waals surface area contributed by atoms with Gasteiger partial charge in [0, 0.05) is 17.2 Å². The third-order valence-electron chi connectivity index (χ3n) is 2.97. The second kappa shape index (κ2) is 6.85. The predicted octanol–water partition coefficient (Wildman–Crippen LogP) is 2.84. The van der Waals surface area contributed by atoms with Gasteiger partial charge in [0.1, 0.15) is 0 Å². The zero-order valence-corrected chi connectivity index (χ0v) is 13.8. The molecular formula is C14H11ClN2O6S. The van der Waals surface area contributed by atoms with Crippen molar-refractivity contribution in [3.05, 3.63) is 63.2 Å². The Balaban J connectivity index is 2.45. The quantitative estimate of drug-likeness (QED) is 0.491. The van der Waals surface area contributed by atoms with E-state index in [0.717, 1.165) is 13.2 Å². The Bertz CT molecular complexity index is 913. The second-order valence-electron chi connectivity index (χ2n) is 4.54. The first-order chi connectivity index (χ1) is 11.2. The van der Waals surface area contributed by atoms with Crippen LogP contribution in [0, 0.1) is 10.1 Å². The van der Waals surface area contributed by atoms with Crippen LogP contribution in [0.25, 0.3) is 0 Å². The summed E-state index contributed by atoms with van der Waals surface area (Å²) in [4.78, 5) is 21.5. The monoisotopic (exact) mass is 370 g/mol. The summed E-state index contributed by atoms with van der Waals surface area (Å²) >= 11 is 5.80. The minimum absolute atomic E-state index is 0.0576. The molecule has 8 nitrogen and oxygen atoms in total. The smallest absolute Gasteiger partial charge is 0.340 e. The zero-order valence-electron chi connectivity index (χ0n) is 12.2. The lowest BCUT2D eigenvalue weighted by Crippen LogP contribution is -2.16. The molecule has 0 atom stereocenters. The average molecular weight is 371 g/mol. The first-order valence-electron chi connectivity index (χ1n) is 6.40. The van der Waals surface area contributed by atoms with E-state index in [2.05, 4.69) is 9.46 Å². The van der Waals surface area contributed by atoms with Gasteiger partial charge in [-0.2, -0.15) is 0 Å². The van der Waals surface area contributed by atoms with E-state index in [9.17, 15) is 23.3 Å². The average Bonchev–Trinajstić information content (AvgIpc) is 2.55. The van der Waals surface area contributed by atoms with Crippen molar-refractivity contribution < 1.29 is 22.9 Å². The number of hydrogen-bond acceptors (Lipinski definition) is 6. The van der Waals surface area contributed by atoms with Gasteiger partial charge in [-0.15, -0.1) is 0 Å². The maximum atomic E-state index is 12.4. The standard InChI is InChI=1S/C14H11ClN2O6S/c1-23-14(18)12-7-9(15)5-6-13(12)16-24(21,22)11-4-2-3-10(8-11)17(19)20/h2-8,16H,1H3. The Morgan fingerprint density at radius 1 is 1.25 bits per heavy atom. The Kier molecular flexibility index (Phi) is 5.05. The summed E-state index contributed by atoms with van der Waals surface area (Å²) in [5, 5.41) is 11.0. The maximum absolute atomic E-state index is 12.4. The van der Waals surface area contributed by atoms with Crippen LogP contribution < -0.4 is 4.72 Å². The number of nitrogens with zero attached hydrogens (tertiary/aromatic N) is 1. The number of nitro benzene ring substituents is 1. The molecule has 0 spiro atoms. The number of ether oxygens (including phenoxy) is 1. The number of carbonyl (C=O) groups is 1. The number of esters is 1. The normalized spacial score (nSPS) is 10.9. The number of anilines is 1. The number of nitro groups is 1. The van der Waals surface area contributed by atoms with E-state index in [-0.39, 0.29) is 26.9 Å². The molecule has 2 aromatic rings. The molecule has 0 aromatic heterocycles. The molecule has 0 aliphatic rings. The molecule has 2 aromatic carbocycles. The lowest BCUT2D eigenvalue weighted by Gasteiger charge is -2.12. The molecule has 2 rings (SSSR count). The summed E-state index contributed by atoms with van der Waals surface area (Å²) < 4.78 is 31.6. The SMILES string of the molecule is COC(=O)c1cc(Cl)ccc1NS(=O)(=O)c1cccc([N+](=O)[O-])c1. The van der Waals surface area contributed by atoms with Gasteiger partial charge >= 0.3 is 5.97 Å². The van der Waals surface area contributed by atoms with Gasteiger partial charge in [-0.1, -0.05) is 17.7 Å². The molecule has 0 heterocycles. The molecule has 1 N–H and O–H groups in total. The number of carbonyl (C=O) groups excluding carboxylic acids is 1. The van der Waals surface area contributed by atoms with E-state index in [4.69, 9.17) is 11.6 Å². The van der Waals surface area contributed by atoms with Crippen LogP contribution in [0.3, 0.4) is 0 Å². The third-order valence-corrected chi connectivity index (χ3v) is 4.57. The van der Waals surface area contributed by atoms with Crippen LogP contribution in [0.5, 0.6) is 0 Å². The fraction of sp³-hybridized carbons (Fsp3) is 0.0714. The number of nitrogens with one attached hydrogen (secondary N) is 1. The molecule has 0 saturated heterocycles. The van der Waals surface area contributed by atoms with Crippen molar-refractivity contribution in [1.82, 2.24) is 0 Å². The van der Waals surface area contributed by atoms with Crippen LogP contribution in [0.1, 0.15) is 10.4 Å². The molecule has 0 fully saturated rings. The fourth-order valence-electron chi connectivity index (χ4n) is 1.85. The molecule has 0 amide bonds. The van der Waals surface area contributed by atoms with Crippen molar-refractivity contribution in [1.29, 1.82) is 0 Å². The van der Waals surface area contributed by atoms with Crippen molar-refractivity contribution in [2.75, 3.05) is 11.8 Å². The maximum Gasteiger partial charge on any atom is 0.340 e.